The smallest absolute Gasteiger partial charge is 0.0678 e. The van der Waals surface area contributed by atoms with Gasteiger partial charge >= 0.3 is 0 Å². The number of nitrogens with one attached hydrogen (secondary N) is 1. The van der Waals surface area contributed by atoms with Crippen molar-refractivity contribution in [3.63, 3.8) is 0 Å². The van der Waals surface area contributed by atoms with E-state index in [9.17, 15) is 0 Å². The molecule has 3 rings (SSSR count). The Labute approximate surface area is 121 Å². The predicted molar refractivity (Wildman–Crippen MR) is 82.3 cm³/mol. The fourth-order valence-corrected chi connectivity index (χ4v) is 2.72. The highest BCUT2D eigenvalue weighted by atomic mass is 15.3. The van der Waals surface area contributed by atoms with E-state index in [1.165, 1.54) is 40.9 Å². The molecule has 0 saturated heterocycles. The van der Waals surface area contributed by atoms with Crippen LogP contribution in [0.2, 0.25) is 0 Å². The zero-order valence-electron chi connectivity index (χ0n) is 12.6. The number of aromatic nitrogens is 2. The summed E-state index contributed by atoms with van der Waals surface area (Å²) in [7, 11) is 0. The van der Waals surface area contributed by atoms with E-state index in [0.29, 0.717) is 0 Å². The summed E-state index contributed by atoms with van der Waals surface area (Å²) < 4.78 is 2.11. The molecule has 106 valence electrons. The van der Waals surface area contributed by atoms with Crippen LogP contribution in [0, 0.1) is 13.8 Å². The van der Waals surface area contributed by atoms with E-state index in [-0.39, 0.29) is 0 Å². The molecule has 1 aromatic carbocycles. The Hall–Kier alpha value is -1.61. The largest absolute Gasteiger partial charge is 0.310 e. The van der Waals surface area contributed by atoms with Gasteiger partial charge in [-0.15, -0.1) is 0 Å². The number of rotatable bonds is 5. The Kier molecular flexibility index (Phi) is 3.62. The Morgan fingerprint density at radius 2 is 2.10 bits per heavy atom. The summed E-state index contributed by atoms with van der Waals surface area (Å²) in [5.41, 5.74) is 6.44. The van der Waals surface area contributed by atoms with Gasteiger partial charge in [0, 0.05) is 23.8 Å². The predicted octanol–water partition coefficient (Wildman–Crippen LogP) is 3.30. The molecule has 1 heterocycles. The van der Waals surface area contributed by atoms with Gasteiger partial charge in [-0.3, -0.25) is 0 Å². The maximum atomic E-state index is 4.62. The van der Waals surface area contributed by atoms with Crippen LogP contribution in [-0.2, 0) is 13.0 Å². The van der Waals surface area contributed by atoms with E-state index >= 15 is 0 Å². The molecule has 3 nitrogen and oxygen atoms in total. The Morgan fingerprint density at radius 1 is 1.30 bits per heavy atom. The summed E-state index contributed by atoms with van der Waals surface area (Å²) in [6, 6.07) is 7.29. The number of hydrogen-bond donors (Lipinski definition) is 1. The molecule has 1 fully saturated rings. The SMILES string of the molecule is CCc1c(CNC2CC2)cnn1-c1ccc(C)cc1C. The van der Waals surface area contributed by atoms with Gasteiger partial charge < -0.3 is 5.32 Å². The van der Waals surface area contributed by atoms with Crippen LogP contribution >= 0.6 is 0 Å². The third-order valence-corrected chi connectivity index (χ3v) is 4.03. The first-order chi connectivity index (χ1) is 9.69. The minimum absolute atomic E-state index is 0.740. The van der Waals surface area contributed by atoms with Crippen molar-refractivity contribution in [3.8, 4) is 5.69 Å². The zero-order valence-corrected chi connectivity index (χ0v) is 12.6. The standard InChI is InChI=1S/C17H23N3/c1-4-16-14(10-18-15-6-7-15)11-19-20(16)17-8-5-12(2)9-13(17)3/h5,8-9,11,15,18H,4,6-7,10H2,1-3H3. The van der Waals surface area contributed by atoms with Crippen LogP contribution in [0.25, 0.3) is 5.69 Å². The monoisotopic (exact) mass is 269 g/mol. The van der Waals surface area contributed by atoms with Crippen molar-refractivity contribution >= 4 is 0 Å². The second kappa shape index (κ2) is 5.41. The van der Waals surface area contributed by atoms with Crippen LogP contribution in [0.4, 0.5) is 0 Å². The van der Waals surface area contributed by atoms with E-state index < -0.39 is 0 Å². The van der Waals surface area contributed by atoms with E-state index in [4.69, 9.17) is 0 Å². The molecule has 0 unspecified atom stereocenters. The first kappa shape index (κ1) is 13.4. The fraction of sp³-hybridized carbons (Fsp3) is 0.471. The van der Waals surface area contributed by atoms with Gasteiger partial charge in [-0.05, 0) is 44.7 Å². The van der Waals surface area contributed by atoms with Gasteiger partial charge in [0.25, 0.3) is 0 Å². The first-order valence-corrected chi connectivity index (χ1v) is 7.56. The lowest BCUT2D eigenvalue weighted by Crippen LogP contribution is -2.16. The molecule has 0 spiro atoms. The lowest BCUT2D eigenvalue weighted by atomic mass is 10.1. The van der Waals surface area contributed by atoms with E-state index in [2.05, 4.69) is 54.1 Å². The molecule has 1 aliphatic carbocycles. The Balaban J connectivity index is 1.91. The van der Waals surface area contributed by atoms with Crippen LogP contribution in [0.15, 0.2) is 24.4 Å². The van der Waals surface area contributed by atoms with Crippen LogP contribution in [0.5, 0.6) is 0 Å². The van der Waals surface area contributed by atoms with Crippen molar-refractivity contribution in [3.05, 3.63) is 46.8 Å². The highest BCUT2D eigenvalue weighted by Crippen LogP contribution is 2.22. The molecule has 20 heavy (non-hydrogen) atoms. The van der Waals surface area contributed by atoms with Crippen molar-refractivity contribution < 1.29 is 0 Å². The zero-order chi connectivity index (χ0) is 14.1. The molecular formula is C17H23N3. The minimum atomic E-state index is 0.740. The molecule has 2 aromatic rings. The van der Waals surface area contributed by atoms with Gasteiger partial charge in [-0.1, -0.05) is 24.6 Å². The lowest BCUT2D eigenvalue weighted by Gasteiger charge is -2.11. The van der Waals surface area contributed by atoms with Gasteiger partial charge in [-0.25, -0.2) is 4.68 Å². The lowest BCUT2D eigenvalue weighted by molar-refractivity contribution is 0.680. The maximum Gasteiger partial charge on any atom is 0.0678 e. The molecule has 1 N–H and O–H groups in total. The van der Waals surface area contributed by atoms with Gasteiger partial charge in [0.1, 0.15) is 0 Å². The molecule has 1 aliphatic rings. The van der Waals surface area contributed by atoms with Crippen molar-refractivity contribution in [1.82, 2.24) is 15.1 Å². The number of benzene rings is 1. The molecule has 0 amide bonds. The number of aryl methyl sites for hydroxylation is 2. The molecule has 1 aromatic heterocycles. The molecule has 0 atom stereocenters. The van der Waals surface area contributed by atoms with E-state index in [0.717, 1.165) is 19.0 Å². The van der Waals surface area contributed by atoms with E-state index in [1.807, 2.05) is 6.20 Å². The van der Waals surface area contributed by atoms with Gasteiger partial charge in [-0.2, -0.15) is 5.10 Å². The first-order valence-electron chi connectivity index (χ1n) is 7.56. The topological polar surface area (TPSA) is 29.9 Å². The van der Waals surface area contributed by atoms with Crippen LogP contribution in [0.1, 0.15) is 42.1 Å². The molecule has 0 aliphatic heterocycles. The Morgan fingerprint density at radius 3 is 2.75 bits per heavy atom. The maximum absolute atomic E-state index is 4.62. The average Bonchev–Trinajstić information content (AvgIpc) is 3.16. The third kappa shape index (κ3) is 2.63. The fourth-order valence-electron chi connectivity index (χ4n) is 2.72. The third-order valence-electron chi connectivity index (χ3n) is 4.03. The molecule has 0 bridgehead atoms. The molecular weight excluding hydrogens is 246 g/mol. The van der Waals surface area contributed by atoms with Gasteiger partial charge in [0.05, 0.1) is 11.9 Å². The normalized spacial score (nSPS) is 14.8. The highest BCUT2D eigenvalue weighted by molar-refractivity contribution is 5.44. The summed E-state index contributed by atoms with van der Waals surface area (Å²) in [6.07, 6.45) is 5.68. The molecule has 1 saturated carbocycles. The molecule has 0 radical (unpaired) electrons. The number of nitrogens with zero attached hydrogens (tertiary/aromatic N) is 2. The van der Waals surface area contributed by atoms with Crippen LogP contribution < -0.4 is 5.32 Å². The minimum Gasteiger partial charge on any atom is -0.310 e. The number of hydrogen-bond acceptors (Lipinski definition) is 2. The summed E-state index contributed by atoms with van der Waals surface area (Å²) in [6.45, 7) is 7.44. The summed E-state index contributed by atoms with van der Waals surface area (Å²) >= 11 is 0. The summed E-state index contributed by atoms with van der Waals surface area (Å²) in [5, 5.41) is 8.21. The quantitative estimate of drug-likeness (QED) is 0.902. The highest BCUT2D eigenvalue weighted by Gasteiger charge is 2.21. The second-order valence-electron chi connectivity index (χ2n) is 5.83. The van der Waals surface area contributed by atoms with Crippen LogP contribution in [-0.4, -0.2) is 15.8 Å². The van der Waals surface area contributed by atoms with Crippen LogP contribution in [0.3, 0.4) is 0 Å². The summed E-state index contributed by atoms with van der Waals surface area (Å²) in [4.78, 5) is 0. The second-order valence-corrected chi connectivity index (χ2v) is 5.83. The van der Waals surface area contributed by atoms with E-state index in [1.54, 1.807) is 0 Å². The van der Waals surface area contributed by atoms with Gasteiger partial charge in [0.2, 0.25) is 0 Å². The van der Waals surface area contributed by atoms with Crippen molar-refractivity contribution in [2.45, 2.75) is 52.6 Å². The van der Waals surface area contributed by atoms with Crippen molar-refractivity contribution in [1.29, 1.82) is 0 Å². The summed E-state index contributed by atoms with van der Waals surface area (Å²) in [5.74, 6) is 0. The molecule has 3 heteroatoms. The van der Waals surface area contributed by atoms with Crippen molar-refractivity contribution in [2.75, 3.05) is 0 Å². The Bertz CT molecular complexity index is 609. The van der Waals surface area contributed by atoms with Gasteiger partial charge in [0.15, 0.2) is 0 Å². The van der Waals surface area contributed by atoms with Crippen molar-refractivity contribution in [2.24, 2.45) is 0 Å². The average molecular weight is 269 g/mol.